The van der Waals surface area contributed by atoms with E-state index in [9.17, 15) is 0 Å². The minimum absolute atomic E-state index is 0.324. The van der Waals surface area contributed by atoms with Gasteiger partial charge in [-0.3, -0.25) is 0 Å². The predicted molar refractivity (Wildman–Crippen MR) is 60.5 cm³/mol. The lowest BCUT2D eigenvalue weighted by Crippen LogP contribution is -2.41. The van der Waals surface area contributed by atoms with Gasteiger partial charge in [-0.25, -0.2) is 0 Å². The van der Waals surface area contributed by atoms with Crippen molar-refractivity contribution in [3.05, 3.63) is 0 Å². The van der Waals surface area contributed by atoms with Crippen molar-refractivity contribution in [3.8, 4) is 0 Å². The topological polar surface area (TPSA) is 21.3 Å². The van der Waals surface area contributed by atoms with Crippen LogP contribution in [0.25, 0.3) is 0 Å². The van der Waals surface area contributed by atoms with E-state index in [0.29, 0.717) is 17.6 Å². The van der Waals surface area contributed by atoms with Crippen LogP contribution in [0, 0.1) is 5.92 Å². The zero-order valence-corrected chi connectivity index (χ0v) is 10.1. The van der Waals surface area contributed by atoms with Gasteiger partial charge < -0.3 is 10.1 Å². The Morgan fingerprint density at radius 2 is 2.21 bits per heavy atom. The molecule has 0 amide bonds. The lowest BCUT2D eigenvalue weighted by atomic mass is 9.87. The van der Waals surface area contributed by atoms with Crippen molar-refractivity contribution in [3.63, 3.8) is 0 Å². The molecule has 0 spiro atoms. The average molecular weight is 199 g/mol. The van der Waals surface area contributed by atoms with Crippen LogP contribution in [-0.2, 0) is 4.74 Å². The molecule has 0 aliphatic carbocycles. The monoisotopic (exact) mass is 199 g/mol. The molecule has 1 N–H and O–H groups in total. The quantitative estimate of drug-likeness (QED) is 0.735. The second-order valence-corrected chi connectivity index (χ2v) is 4.95. The van der Waals surface area contributed by atoms with E-state index in [1.54, 1.807) is 0 Å². The fourth-order valence-electron chi connectivity index (χ4n) is 2.36. The fraction of sp³-hybridized carbons (Fsp3) is 1.00. The number of methoxy groups -OCH3 is 1. The Hall–Kier alpha value is -0.0800. The van der Waals surface area contributed by atoms with Crippen molar-refractivity contribution in [1.82, 2.24) is 5.32 Å². The molecule has 0 aromatic rings. The molecular formula is C12H25NO. The van der Waals surface area contributed by atoms with Gasteiger partial charge >= 0.3 is 0 Å². The molecule has 2 nitrogen and oxygen atoms in total. The molecule has 1 heterocycles. The summed E-state index contributed by atoms with van der Waals surface area (Å²) in [6, 6.07) is 0. The minimum Gasteiger partial charge on any atom is -0.381 e. The van der Waals surface area contributed by atoms with Crippen LogP contribution in [0.3, 0.4) is 0 Å². The van der Waals surface area contributed by atoms with Gasteiger partial charge in [-0.05, 0) is 38.6 Å². The van der Waals surface area contributed by atoms with Crippen molar-refractivity contribution >= 4 is 0 Å². The first-order chi connectivity index (χ1) is 6.61. The molecule has 0 bridgehead atoms. The summed E-state index contributed by atoms with van der Waals surface area (Å²) >= 11 is 0. The summed E-state index contributed by atoms with van der Waals surface area (Å²) in [4.78, 5) is 0. The van der Waals surface area contributed by atoms with Crippen LogP contribution in [-0.4, -0.2) is 25.3 Å². The van der Waals surface area contributed by atoms with Gasteiger partial charge in [0.05, 0.1) is 6.10 Å². The number of hydrogen-bond acceptors (Lipinski definition) is 2. The van der Waals surface area contributed by atoms with Crippen molar-refractivity contribution in [1.29, 1.82) is 0 Å². The van der Waals surface area contributed by atoms with E-state index < -0.39 is 0 Å². The van der Waals surface area contributed by atoms with E-state index in [-0.39, 0.29) is 0 Å². The van der Waals surface area contributed by atoms with Gasteiger partial charge in [0, 0.05) is 12.6 Å². The molecular weight excluding hydrogens is 174 g/mol. The summed E-state index contributed by atoms with van der Waals surface area (Å²) in [5, 5.41) is 3.60. The first-order valence-corrected chi connectivity index (χ1v) is 5.89. The number of ether oxygens (including phenoxy) is 1. The molecule has 84 valence electrons. The molecule has 0 saturated carbocycles. The first-order valence-electron chi connectivity index (χ1n) is 5.89. The fourth-order valence-corrected chi connectivity index (χ4v) is 2.36. The molecule has 0 radical (unpaired) electrons. The van der Waals surface area contributed by atoms with Crippen molar-refractivity contribution in [2.75, 3.05) is 13.7 Å². The molecule has 1 aliphatic heterocycles. The van der Waals surface area contributed by atoms with Crippen molar-refractivity contribution in [2.24, 2.45) is 5.92 Å². The lowest BCUT2D eigenvalue weighted by Gasteiger charge is -2.31. The summed E-state index contributed by atoms with van der Waals surface area (Å²) in [6.07, 6.45) is 5.37. The van der Waals surface area contributed by atoms with Gasteiger partial charge in [0.1, 0.15) is 0 Å². The molecule has 1 fully saturated rings. The molecule has 2 heteroatoms. The maximum absolute atomic E-state index is 5.59. The zero-order chi connectivity index (χ0) is 10.6. The molecule has 3 unspecified atom stereocenters. The summed E-state index contributed by atoms with van der Waals surface area (Å²) in [6.45, 7) is 8.02. The van der Waals surface area contributed by atoms with Crippen LogP contribution in [0.2, 0.25) is 0 Å². The van der Waals surface area contributed by atoms with Crippen LogP contribution in [0.1, 0.15) is 46.5 Å². The SMILES string of the molecule is CCC(C)C(CC1(C)CCCN1)OC. The van der Waals surface area contributed by atoms with Gasteiger partial charge in [-0.15, -0.1) is 0 Å². The van der Waals surface area contributed by atoms with E-state index in [2.05, 4.69) is 26.1 Å². The van der Waals surface area contributed by atoms with E-state index in [1.807, 2.05) is 7.11 Å². The first kappa shape index (κ1) is 12.0. The Morgan fingerprint density at radius 3 is 2.64 bits per heavy atom. The summed E-state index contributed by atoms with van der Waals surface area (Å²) in [5.41, 5.74) is 0.324. The maximum Gasteiger partial charge on any atom is 0.0614 e. The highest BCUT2D eigenvalue weighted by Gasteiger charge is 2.32. The van der Waals surface area contributed by atoms with Gasteiger partial charge in [-0.1, -0.05) is 20.3 Å². The van der Waals surface area contributed by atoms with Gasteiger partial charge in [-0.2, -0.15) is 0 Å². The van der Waals surface area contributed by atoms with Gasteiger partial charge in [0.15, 0.2) is 0 Å². The second-order valence-electron chi connectivity index (χ2n) is 4.95. The van der Waals surface area contributed by atoms with E-state index >= 15 is 0 Å². The molecule has 1 rings (SSSR count). The average Bonchev–Trinajstić information content (AvgIpc) is 2.61. The summed E-state index contributed by atoms with van der Waals surface area (Å²) in [5.74, 6) is 0.666. The smallest absolute Gasteiger partial charge is 0.0614 e. The third kappa shape index (κ3) is 2.96. The van der Waals surface area contributed by atoms with Crippen LogP contribution < -0.4 is 5.32 Å². The summed E-state index contributed by atoms with van der Waals surface area (Å²) < 4.78 is 5.59. The van der Waals surface area contributed by atoms with E-state index in [4.69, 9.17) is 4.74 Å². The Kier molecular flexibility index (Phi) is 4.39. The van der Waals surface area contributed by atoms with Crippen LogP contribution >= 0.6 is 0 Å². The molecule has 14 heavy (non-hydrogen) atoms. The molecule has 1 aliphatic rings. The van der Waals surface area contributed by atoms with Gasteiger partial charge in [0.25, 0.3) is 0 Å². The Morgan fingerprint density at radius 1 is 1.50 bits per heavy atom. The molecule has 1 saturated heterocycles. The highest BCUT2D eigenvalue weighted by Crippen LogP contribution is 2.28. The third-order valence-corrected chi connectivity index (χ3v) is 3.69. The normalized spacial score (nSPS) is 31.7. The second kappa shape index (κ2) is 5.13. The summed E-state index contributed by atoms with van der Waals surface area (Å²) in [7, 11) is 1.84. The highest BCUT2D eigenvalue weighted by atomic mass is 16.5. The number of nitrogens with one attached hydrogen (secondary N) is 1. The van der Waals surface area contributed by atoms with E-state index in [0.717, 1.165) is 6.42 Å². The largest absolute Gasteiger partial charge is 0.381 e. The molecule has 0 aromatic heterocycles. The van der Waals surface area contributed by atoms with Crippen molar-refractivity contribution < 1.29 is 4.74 Å². The molecule has 0 aromatic carbocycles. The number of rotatable bonds is 5. The van der Waals surface area contributed by atoms with Crippen LogP contribution in [0.5, 0.6) is 0 Å². The van der Waals surface area contributed by atoms with Gasteiger partial charge in [0.2, 0.25) is 0 Å². The highest BCUT2D eigenvalue weighted by molar-refractivity contribution is 4.91. The van der Waals surface area contributed by atoms with Crippen LogP contribution in [0.4, 0.5) is 0 Å². The minimum atomic E-state index is 0.324. The Balaban J connectivity index is 2.46. The lowest BCUT2D eigenvalue weighted by molar-refractivity contribution is 0.0313. The standard InChI is InChI=1S/C12H25NO/c1-5-10(2)11(14-4)9-12(3)7-6-8-13-12/h10-11,13H,5-9H2,1-4H3. The van der Waals surface area contributed by atoms with Crippen LogP contribution in [0.15, 0.2) is 0 Å². The third-order valence-electron chi connectivity index (χ3n) is 3.69. The molecule has 3 atom stereocenters. The van der Waals surface area contributed by atoms with Crippen molar-refractivity contribution in [2.45, 2.75) is 58.1 Å². The Bertz CT molecular complexity index is 164. The number of hydrogen-bond donors (Lipinski definition) is 1. The Labute approximate surface area is 88.4 Å². The predicted octanol–water partition coefficient (Wildman–Crippen LogP) is 2.58. The van der Waals surface area contributed by atoms with E-state index in [1.165, 1.54) is 25.8 Å². The zero-order valence-electron chi connectivity index (χ0n) is 10.1. The maximum atomic E-state index is 5.59.